The van der Waals surface area contributed by atoms with E-state index in [-0.39, 0.29) is 11.7 Å². The number of rotatable bonds is 4. The second-order valence-corrected chi connectivity index (χ2v) is 9.06. The zero-order chi connectivity index (χ0) is 23.2. The molecule has 1 atom stereocenters. The first-order valence-electron chi connectivity index (χ1n) is 11.9. The van der Waals surface area contributed by atoms with Crippen molar-refractivity contribution in [2.75, 3.05) is 32.7 Å². The maximum Gasteiger partial charge on any atom is 0.254 e. The third-order valence-corrected chi connectivity index (χ3v) is 7.04. The van der Waals surface area contributed by atoms with E-state index in [1.165, 1.54) is 5.56 Å². The van der Waals surface area contributed by atoms with Gasteiger partial charge in [0.15, 0.2) is 0 Å². The van der Waals surface area contributed by atoms with Crippen LogP contribution in [0.4, 0.5) is 4.39 Å². The van der Waals surface area contributed by atoms with Crippen LogP contribution in [0.3, 0.4) is 0 Å². The first-order valence-corrected chi connectivity index (χ1v) is 11.9. The summed E-state index contributed by atoms with van der Waals surface area (Å²) in [6.07, 6.45) is 3.32. The molecule has 4 heteroatoms. The lowest BCUT2D eigenvalue weighted by atomic mass is 9.89. The lowest BCUT2D eigenvalue weighted by Crippen LogP contribution is -2.37. The Morgan fingerprint density at radius 3 is 2.33 bits per heavy atom. The van der Waals surface area contributed by atoms with Crippen LogP contribution in [-0.4, -0.2) is 48.4 Å². The Kier molecular flexibility index (Phi) is 7.56. The van der Waals surface area contributed by atoms with Gasteiger partial charge < -0.3 is 9.80 Å². The van der Waals surface area contributed by atoms with E-state index in [0.29, 0.717) is 11.8 Å². The van der Waals surface area contributed by atoms with Crippen molar-refractivity contribution in [2.45, 2.75) is 25.2 Å². The van der Waals surface area contributed by atoms with Gasteiger partial charge in [-0.25, -0.2) is 4.39 Å². The molecule has 1 amide bonds. The van der Waals surface area contributed by atoms with Gasteiger partial charge in [0.2, 0.25) is 0 Å². The zero-order valence-corrected chi connectivity index (χ0v) is 19.3. The number of benzene rings is 3. The molecule has 0 radical (unpaired) electrons. The van der Waals surface area contributed by atoms with E-state index in [2.05, 4.69) is 30.2 Å². The minimum atomic E-state index is -0.162. The molecular weight excluding hydrogens is 411 g/mol. The normalized spacial score (nSPS) is 19.3. The minimum absolute atomic E-state index is 0.161. The molecule has 3 aromatic carbocycles. The van der Waals surface area contributed by atoms with Crippen molar-refractivity contribution in [3.05, 3.63) is 96.8 Å². The molecule has 172 valence electrons. The second-order valence-electron chi connectivity index (χ2n) is 9.06. The number of fused-ring (bicyclic) bond motifs is 1. The van der Waals surface area contributed by atoms with Gasteiger partial charge in [-0.2, -0.15) is 0 Å². The fourth-order valence-electron chi connectivity index (χ4n) is 5.30. The fourth-order valence-corrected chi connectivity index (χ4v) is 5.30. The maximum absolute atomic E-state index is 13.2. The summed E-state index contributed by atoms with van der Waals surface area (Å²) in [4.78, 5) is 17.8. The van der Waals surface area contributed by atoms with Crippen LogP contribution in [0.5, 0.6) is 0 Å². The van der Waals surface area contributed by atoms with Gasteiger partial charge >= 0.3 is 0 Å². The van der Waals surface area contributed by atoms with Gasteiger partial charge in [0, 0.05) is 25.2 Å². The van der Waals surface area contributed by atoms with Crippen LogP contribution in [0.15, 0.2) is 79.9 Å². The summed E-state index contributed by atoms with van der Waals surface area (Å²) in [5, 5.41) is 2.16. The van der Waals surface area contributed by atoms with Gasteiger partial charge in [0.05, 0.1) is 0 Å². The molecule has 0 aromatic heterocycles. The SMILES string of the molecule is C=C.O=C(c1cccc2ccccc12)N1CCC(CN2CCC(c3ccc(F)cc3)CC2)C1. The van der Waals surface area contributed by atoms with Crippen LogP contribution >= 0.6 is 0 Å². The lowest BCUT2D eigenvalue weighted by Gasteiger charge is -2.33. The molecule has 0 aliphatic carbocycles. The van der Waals surface area contributed by atoms with Gasteiger partial charge in [0.1, 0.15) is 5.82 Å². The summed E-state index contributed by atoms with van der Waals surface area (Å²) in [5.74, 6) is 1.07. The van der Waals surface area contributed by atoms with E-state index in [4.69, 9.17) is 0 Å². The minimum Gasteiger partial charge on any atom is -0.338 e. The quantitative estimate of drug-likeness (QED) is 0.453. The van der Waals surface area contributed by atoms with Crippen LogP contribution < -0.4 is 0 Å². The Morgan fingerprint density at radius 1 is 0.879 bits per heavy atom. The van der Waals surface area contributed by atoms with E-state index in [1.807, 2.05) is 47.4 Å². The molecule has 2 aliphatic rings. The van der Waals surface area contributed by atoms with E-state index < -0.39 is 0 Å². The van der Waals surface area contributed by atoms with Gasteiger partial charge in [-0.1, -0.05) is 48.5 Å². The third-order valence-electron chi connectivity index (χ3n) is 7.04. The molecule has 2 saturated heterocycles. The number of halogens is 1. The molecule has 1 unspecified atom stereocenters. The number of nitrogens with zero attached hydrogens (tertiary/aromatic N) is 2. The number of likely N-dealkylation sites (tertiary alicyclic amines) is 2. The van der Waals surface area contributed by atoms with Gasteiger partial charge in [-0.15, -0.1) is 13.2 Å². The van der Waals surface area contributed by atoms with E-state index in [1.54, 1.807) is 12.1 Å². The average Bonchev–Trinajstić information content (AvgIpc) is 3.34. The van der Waals surface area contributed by atoms with E-state index in [0.717, 1.165) is 68.3 Å². The van der Waals surface area contributed by atoms with Gasteiger partial charge in [-0.3, -0.25) is 4.79 Å². The first kappa shape index (κ1) is 23.2. The summed E-state index contributed by atoms with van der Waals surface area (Å²) in [6.45, 7) is 10.9. The predicted molar refractivity (Wildman–Crippen MR) is 134 cm³/mol. The molecule has 0 saturated carbocycles. The van der Waals surface area contributed by atoms with Crippen LogP contribution in [0.2, 0.25) is 0 Å². The number of carbonyl (C=O) groups excluding carboxylic acids is 1. The first-order chi connectivity index (χ1) is 16.2. The molecular formula is C29H33FN2O. The Bertz CT molecular complexity index is 1070. The summed E-state index contributed by atoms with van der Waals surface area (Å²) in [6, 6.07) is 21.1. The predicted octanol–water partition coefficient (Wildman–Crippen LogP) is 6.12. The Hall–Kier alpha value is -2.98. The van der Waals surface area contributed by atoms with Crippen molar-refractivity contribution < 1.29 is 9.18 Å². The molecule has 3 aromatic rings. The number of hydrogen-bond donors (Lipinski definition) is 0. The molecule has 0 spiro atoms. The summed E-state index contributed by atoms with van der Waals surface area (Å²) < 4.78 is 13.2. The van der Waals surface area contributed by atoms with E-state index >= 15 is 0 Å². The van der Waals surface area contributed by atoms with Crippen molar-refractivity contribution in [3.8, 4) is 0 Å². The topological polar surface area (TPSA) is 23.6 Å². The Balaban J connectivity index is 0.00000126. The number of hydrogen-bond acceptors (Lipinski definition) is 2. The highest BCUT2D eigenvalue weighted by Gasteiger charge is 2.30. The van der Waals surface area contributed by atoms with Crippen molar-refractivity contribution in [1.82, 2.24) is 9.80 Å². The standard InChI is InChI=1S/C27H29FN2O.C2H4/c28-24-10-8-21(9-11-24)22-13-15-29(16-14-22)18-20-12-17-30(19-20)27(31)26-7-3-5-23-4-1-2-6-25(23)26;1-2/h1-11,20,22H,12-19H2;1-2H2. The number of amides is 1. The van der Waals surface area contributed by atoms with E-state index in [9.17, 15) is 9.18 Å². The summed E-state index contributed by atoms with van der Waals surface area (Å²) in [7, 11) is 0. The van der Waals surface area contributed by atoms with Crippen LogP contribution in [0.1, 0.15) is 41.1 Å². The Labute approximate surface area is 196 Å². The zero-order valence-electron chi connectivity index (χ0n) is 19.3. The summed E-state index contributed by atoms with van der Waals surface area (Å²) >= 11 is 0. The van der Waals surface area contributed by atoms with Crippen LogP contribution in [-0.2, 0) is 0 Å². The second kappa shape index (κ2) is 10.8. The van der Waals surface area contributed by atoms with Crippen molar-refractivity contribution in [1.29, 1.82) is 0 Å². The monoisotopic (exact) mass is 444 g/mol. The highest BCUT2D eigenvalue weighted by atomic mass is 19.1. The molecule has 5 rings (SSSR count). The highest BCUT2D eigenvalue weighted by molar-refractivity contribution is 6.07. The maximum atomic E-state index is 13.2. The molecule has 2 aliphatic heterocycles. The fraction of sp³-hybridized carbons (Fsp3) is 0.345. The van der Waals surface area contributed by atoms with Gasteiger partial charge in [-0.05, 0) is 78.7 Å². The highest BCUT2D eigenvalue weighted by Crippen LogP contribution is 2.30. The number of piperidine rings is 1. The van der Waals surface area contributed by atoms with Crippen LogP contribution in [0, 0.1) is 11.7 Å². The Morgan fingerprint density at radius 2 is 1.58 bits per heavy atom. The smallest absolute Gasteiger partial charge is 0.254 e. The van der Waals surface area contributed by atoms with Crippen molar-refractivity contribution >= 4 is 16.7 Å². The summed E-state index contributed by atoms with van der Waals surface area (Å²) in [5.41, 5.74) is 2.08. The lowest BCUT2D eigenvalue weighted by molar-refractivity contribution is 0.0784. The largest absolute Gasteiger partial charge is 0.338 e. The van der Waals surface area contributed by atoms with Gasteiger partial charge in [0.25, 0.3) is 5.91 Å². The number of carbonyl (C=O) groups is 1. The van der Waals surface area contributed by atoms with Crippen molar-refractivity contribution in [2.24, 2.45) is 5.92 Å². The molecule has 3 nitrogen and oxygen atoms in total. The molecule has 2 fully saturated rings. The van der Waals surface area contributed by atoms with Crippen LogP contribution in [0.25, 0.3) is 10.8 Å². The third kappa shape index (κ3) is 5.33. The molecule has 0 N–H and O–H groups in total. The molecule has 0 bridgehead atoms. The average molecular weight is 445 g/mol. The molecule has 2 heterocycles. The molecule has 33 heavy (non-hydrogen) atoms. The van der Waals surface area contributed by atoms with Crippen molar-refractivity contribution in [3.63, 3.8) is 0 Å².